The number of carbonyl (C=O) groups is 1. The number of nitrogens with one attached hydrogen (secondary N) is 1. The second-order valence-electron chi connectivity index (χ2n) is 7.00. The van der Waals surface area contributed by atoms with Crippen LogP contribution in [0.2, 0.25) is 0 Å². The van der Waals surface area contributed by atoms with E-state index in [1.54, 1.807) is 7.11 Å². The van der Waals surface area contributed by atoms with E-state index in [-0.39, 0.29) is 12.5 Å². The molecule has 0 bridgehead atoms. The van der Waals surface area contributed by atoms with Crippen molar-refractivity contribution in [1.29, 1.82) is 0 Å². The molecule has 0 radical (unpaired) electrons. The first kappa shape index (κ1) is 19.4. The van der Waals surface area contributed by atoms with Gasteiger partial charge in [0.05, 0.1) is 7.11 Å². The molecule has 2 N–H and O–H groups in total. The quantitative estimate of drug-likeness (QED) is 0.789. The average Bonchev–Trinajstić information content (AvgIpc) is 2.74. The molecule has 1 aliphatic rings. The number of hydrogen-bond donors (Lipinski definition) is 2. The van der Waals surface area contributed by atoms with Crippen LogP contribution in [0.15, 0.2) is 48.5 Å². The van der Waals surface area contributed by atoms with Gasteiger partial charge in [-0.15, -0.1) is 0 Å². The Labute approximate surface area is 161 Å². The number of ether oxygens (including phenoxy) is 1. The van der Waals surface area contributed by atoms with Crippen molar-refractivity contribution >= 4 is 5.91 Å². The van der Waals surface area contributed by atoms with Crippen molar-refractivity contribution < 1.29 is 14.6 Å². The number of likely N-dealkylation sites (tertiary alicyclic amines) is 1. The minimum absolute atomic E-state index is 0.0583. The number of rotatable bonds is 7. The van der Waals surface area contributed by atoms with E-state index in [0.717, 1.165) is 49.4 Å². The Morgan fingerprint density at radius 2 is 1.96 bits per heavy atom. The molecule has 1 fully saturated rings. The first-order chi connectivity index (χ1) is 13.2. The molecule has 1 heterocycles. The molecule has 1 amide bonds. The highest BCUT2D eigenvalue weighted by atomic mass is 16.5. The molecule has 2 aromatic rings. The maximum atomic E-state index is 12.5. The van der Waals surface area contributed by atoms with Crippen LogP contribution in [0.1, 0.15) is 23.2 Å². The highest BCUT2D eigenvalue weighted by Crippen LogP contribution is 2.29. The summed E-state index contributed by atoms with van der Waals surface area (Å²) in [6.07, 6.45) is 2.07. The summed E-state index contributed by atoms with van der Waals surface area (Å²) in [6, 6.07) is 15.4. The van der Waals surface area contributed by atoms with E-state index in [1.807, 2.05) is 48.5 Å². The predicted molar refractivity (Wildman–Crippen MR) is 107 cm³/mol. The summed E-state index contributed by atoms with van der Waals surface area (Å²) < 4.78 is 5.43. The van der Waals surface area contributed by atoms with E-state index in [9.17, 15) is 9.90 Å². The molecule has 3 rings (SSSR count). The minimum Gasteiger partial charge on any atom is -0.496 e. The summed E-state index contributed by atoms with van der Waals surface area (Å²) >= 11 is 0. The molecule has 0 spiro atoms. The first-order valence-electron chi connectivity index (χ1n) is 9.56. The van der Waals surface area contributed by atoms with Crippen LogP contribution in [0.5, 0.6) is 5.75 Å². The lowest BCUT2D eigenvalue weighted by Crippen LogP contribution is -2.40. The zero-order valence-electron chi connectivity index (χ0n) is 15.9. The van der Waals surface area contributed by atoms with E-state index in [1.165, 1.54) is 0 Å². The van der Waals surface area contributed by atoms with Gasteiger partial charge >= 0.3 is 0 Å². The molecule has 0 aromatic heterocycles. The van der Waals surface area contributed by atoms with Gasteiger partial charge in [-0.25, -0.2) is 0 Å². The van der Waals surface area contributed by atoms with Crippen molar-refractivity contribution in [1.82, 2.24) is 10.2 Å². The molecule has 5 heteroatoms. The molecule has 0 unspecified atom stereocenters. The molecule has 144 valence electrons. The van der Waals surface area contributed by atoms with Crippen LogP contribution >= 0.6 is 0 Å². The van der Waals surface area contributed by atoms with E-state index in [4.69, 9.17) is 4.74 Å². The van der Waals surface area contributed by atoms with Crippen LogP contribution in [0.3, 0.4) is 0 Å². The third-order valence-corrected chi connectivity index (χ3v) is 5.22. The summed E-state index contributed by atoms with van der Waals surface area (Å²) in [5.74, 6) is 1.17. The van der Waals surface area contributed by atoms with Gasteiger partial charge in [-0.2, -0.15) is 0 Å². The lowest BCUT2D eigenvalue weighted by atomic mass is 9.98. The fourth-order valence-corrected chi connectivity index (χ4v) is 3.53. The molecular weight excluding hydrogens is 340 g/mol. The van der Waals surface area contributed by atoms with E-state index in [2.05, 4.69) is 10.2 Å². The van der Waals surface area contributed by atoms with E-state index < -0.39 is 0 Å². The summed E-state index contributed by atoms with van der Waals surface area (Å²) in [4.78, 5) is 14.9. The van der Waals surface area contributed by atoms with Gasteiger partial charge in [0, 0.05) is 30.8 Å². The molecule has 0 aliphatic carbocycles. The number of aliphatic hydroxyl groups excluding tert-OH is 1. The zero-order chi connectivity index (χ0) is 19.1. The van der Waals surface area contributed by atoms with E-state index in [0.29, 0.717) is 18.0 Å². The SMILES string of the molecule is COc1ccccc1-c1cccc(C(=O)NCCN2CCC(CO)CC2)c1. The molecule has 2 aromatic carbocycles. The molecule has 5 nitrogen and oxygen atoms in total. The summed E-state index contributed by atoms with van der Waals surface area (Å²) in [6.45, 7) is 3.74. The molecule has 27 heavy (non-hydrogen) atoms. The van der Waals surface area contributed by atoms with Crippen LogP contribution in [0, 0.1) is 5.92 Å². The number of nitrogens with zero attached hydrogens (tertiary/aromatic N) is 1. The van der Waals surface area contributed by atoms with Crippen molar-refractivity contribution in [3.63, 3.8) is 0 Å². The summed E-state index contributed by atoms with van der Waals surface area (Å²) in [5, 5.41) is 12.2. The molecule has 0 saturated carbocycles. The van der Waals surface area contributed by atoms with Crippen molar-refractivity contribution in [3.05, 3.63) is 54.1 Å². The Morgan fingerprint density at radius 1 is 1.19 bits per heavy atom. The van der Waals surface area contributed by atoms with Crippen molar-refractivity contribution in [3.8, 4) is 16.9 Å². The maximum Gasteiger partial charge on any atom is 0.251 e. The number of amides is 1. The Bertz CT molecular complexity index is 755. The molecule has 1 aliphatic heterocycles. The van der Waals surface area contributed by atoms with Gasteiger partial charge in [0.25, 0.3) is 5.91 Å². The van der Waals surface area contributed by atoms with Crippen LogP contribution in [-0.2, 0) is 0 Å². The second kappa shape index (κ2) is 9.53. The van der Waals surface area contributed by atoms with Crippen molar-refractivity contribution in [2.75, 3.05) is 39.9 Å². The van der Waals surface area contributed by atoms with Crippen LogP contribution in [0.4, 0.5) is 0 Å². The minimum atomic E-state index is -0.0583. The Morgan fingerprint density at radius 3 is 2.70 bits per heavy atom. The second-order valence-corrected chi connectivity index (χ2v) is 7.00. The molecule has 1 saturated heterocycles. The Kier molecular flexibility index (Phi) is 6.85. The first-order valence-corrected chi connectivity index (χ1v) is 9.56. The molecule has 0 atom stereocenters. The van der Waals surface area contributed by atoms with Gasteiger partial charge < -0.3 is 20.1 Å². The fourth-order valence-electron chi connectivity index (χ4n) is 3.53. The lowest BCUT2D eigenvalue weighted by molar-refractivity contribution is 0.0939. The van der Waals surface area contributed by atoms with Gasteiger partial charge in [0.2, 0.25) is 0 Å². The Hall–Kier alpha value is -2.37. The Balaban J connectivity index is 1.56. The van der Waals surface area contributed by atoms with Crippen LogP contribution in [0.25, 0.3) is 11.1 Å². The van der Waals surface area contributed by atoms with Crippen LogP contribution < -0.4 is 10.1 Å². The number of methoxy groups -OCH3 is 1. The zero-order valence-corrected chi connectivity index (χ0v) is 15.9. The van der Waals surface area contributed by atoms with Gasteiger partial charge in [0.15, 0.2) is 0 Å². The van der Waals surface area contributed by atoms with Crippen LogP contribution in [-0.4, -0.2) is 55.8 Å². The van der Waals surface area contributed by atoms with E-state index >= 15 is 0 Å². The lowest BCUT2D eigenvalue weighted by Gasteiger charge is -2.30. The third-order valence-electron chi connectivity index (χ3n) is 5.22. The average molecular weight is 368 g/mol. The topological polar surface area (TPSA) is 61.8 Å². The number of benzene rings is 2. The maximum absolute atomic E-state index is 12.5. The fraction of sp³-hybridized carbons (Fsp3) is 0.409. The standard InChI is InChI=1S/C22H28N2O3/c1-27-21-8-3-2-7-20(21)18-5-4-6-19(15-18)22(26)23-11-14-24-12-9-17(16-25)10-13-24/h2-8,15,17,25H,9-14,16H2,1H3,(H,23,26). The third kappa shape index (κ3) is 5.08. The van der Waals surface area contributed by atoms with Gasteiger partial charge in [-0.05, 0) is 55.6 Å². The largest absolute Gasteiger partial charge is 0.496 e. The monoisotopic (exact) mass is 368 g/mol. The summed E-state index contributed by atoms with van der Waals surface area (Å²) in [5.41, 5.74) is 2.59. The number of aliphatic hydroxyl groups is 1. The number of carbonyl (C=O) groups excluding carboxylic acids is 1. The van der Waals surface area contributed by atoms with Crippen molar-refractivity contribution in [2.45, 2.75) is 12.8 Å². The molecular formula is C22H28N2O3. The number of hydrogen-bond acceptors (Lipinski definition) is 4. The van der Waals surface area contributed by atoms with Crippen molar-refractivity contribution in [2.24, 2.45) is 5.92 Å². The van der Waals surface area contributed by atoms with Gasteiger partial charge in [-0.1, -0.05) is 30.3 Å². The van der Waals surface area contributed by atoms with Gasteiger partial charge in [0.1, 0.15) is 5.75 Å². The highest BCUT2D eigenvalue weighted by molar-refractivity contribution is 5.95. The highest BCUT2D eigenvalue weighted by Gasteiger charge is 2.18. The summed E-state index contributed by atoms with van der Waals surface area (Å²) in [7, 11) is 1.65. The normalized spacial score (nSPS) is 15.5. The van der Waals surface area contributed by atoms with Gasteiger partial charge in [-0.3, -0.25) is 4.79 Å². The smallest absolute Gasteiger partial charge is 0.251 e. The number of para-hydroxylation sites is 1. The predicted octanol–water partition coefficient (Wildman–Crippen LogP) is 2.80. The number of piperidine rings is 1.